The molecule has 0 saturated heterocycles. The lowest BCUT2D eigenvalue weighted by Crippen LogP contribution is -2.13. The van der Waals surface area contributed by atoms with Crippen LogP contribution in [-0.2, 0) is 21.2 Å². The lowest BCUT2D eigenvalue weighted by Gasteiger charge is -2.06. The number of fused-ring (bicyclic) bond motifs is 1. The second-order valence-corrected chi connectivity index (χ2v) is 6.27. The second-order valence-electron chi connectivity index (χ2n) is 4.59. The van der Waals surface area contributed by atoms with Gasteiger partial charge in [0.2, 0.25) is 5.91 Å². The van der Waals surface area contributed by atoms with Crippen molar-refractivity contribution in [1.29, 1.82) is 0 Å². The summed E-state index contributed by atoms with van der Waals surface area (Å²) in [5.41, 5.74) is 2.09. The number of H-pyrrole nitrogens is 1. The van der Waals surface area contributed by atoms with Gasteiger partial charge in [0, 0.05) is 17.4 Å². The maximum Gasteiger partial charge on any atom is 0.263 e. The van der Waals surface area contributed by atoms with E-state index in [9.17, 15) is 13.2 Å². The molecule has 1 amide bonds. The molecule has 2 aromatic rings. The van der Waals surface area contributed by atoms with Crippen molar-refractivity contribution in [3.63, 3.8) is 0 Å². The summed E-state index contributed by atoms with van der Waals surface area (Å²) in [5, 5.41) is 9.15. The highest BCUT2D eigenvalue weighted by molar-refractivity contribution is 7.92. The fraction of sp³-hybridized carbons (Fsp3) is 0.167. The van der Waals surface area contributed by atoms with Gasteiger partial charge in [-0.1, -0.05) is 0 Å². The molecular formula is C12H12N4O3S. The summed E-state index contributed by atoms with van der Waals surface area (Å²) in [5.74, 6) is 0.0997. The van der Waals surface area contributed by atoms with E-state index in [0.717, 1.165) is 5.69 Å². The number of benzene rings is 1. The predicted octanol–water partition coefficient (Wildman–Crippen LogP) is 1.01. The van der Waals surface area contributed by atoms with Crippen molar-refractivity contribution >= 4 is 27.4 Å². The van der Waals surface area contributed by atoms with Crippen LogP contribution in [0.4, 0.5) is 11.5 Å². The molecule has 1 aromatic heterocycles. The SMILES string of the molecule is Cc1cc(NS(=O)(=O)c2ccc3c(c2)CC(=O)N3)n[nH]1. The molecule has 104 valence electrons. The number of aromatic nitrogens is 2. The Kier molecular flexibility index (Phi) is 2.75. The van der Waals surface area contributed by atoms with E-state index in [-0.39, 0.29) is 23.0 Å². The van der Waals surface area contributed by atoms with Gasteiger partial charge in [0.1, 0.15) is 0 Å². The van der Waals surface area contributed by atoms with Gasteiger partial charge in [-0.05, 0) is 30.7 Å². The largest absolute Gasteiger partial charge is 0.326 e. The topological polar surface area (TPSA) is 104 Å². The Balaban J connectivity index is 1.92. The summed E-state index contributed by atoms with van der Waals surface area (Å²) in [4.78, 5) is 11.4. The number of amides is 1. The first-order valence-electron chi connectivity index (χ1n) is 5.92. The highest BCUT2D eigenvalue weighted by Gasteiger charge is 2.22. The minimum Gasteiger partial charge on any atom is -0.326 e. The zero-order valence-corrected chi connectivity index (χ0v) is 11.4. The molecule has 0 aliphatic carbocycles. The van der Waals surface area contributed by atoms with Crippen molar-refractivity contribution in [1.82, 2.24) is 10.2 Å². The van der Waals surface area contributed by atoms with Gasteiger partial charge < -0.3 is 5.32 Å². The summed E-state index contributed by atoms with van der Waals surface area (Å²) >= 11 is 0. The number of anilines is 2. The maximum absolute atomic E-state index is 12.2. The quantitative estimate of drug-likeness (QED) is 0.785. The van der Waals surface area contributed by atoms with Crippen molar-refractivity contribution in [2.75, 3.05) is 10.0 Å². The van der Waals surface area contributed by atoms with Crippen LogP contribution in [0.25, 0.3) is 0 Å². The third-order valence-electron chi connectivity index (χ3n) is 2.96. The lowest BCUT2D eigenvalue weighted by atomic mass is 10.2. The van der Waals surface area contributed by atoms with Crippen LogP contribution in [0.5, 0.6) is 0 Å². The third-order valence-corrected chi connectivity index (χ3v) is 4.31. The van der Waals surface area contributed by atoms with Crippen LogP contribution >= 0.6 is 0 Å². The van der Waals surface area contributed by atoms with Crippen molar-refractivity contribution < 1.29 is 13.2 Å². The molecule has 3 rings (SSSR count). The van der Waals surface area contributed by atoms with Crippen molar-refractivity contribution in [2.45, 2.75) is 18.2 Å². The van der Waals surface area contributed by atoms with Crippen LogP contribution in [0.1, 0.15) is 11.3 Å². The van der Waals surface area contributed by atoms with Gasteiger partial charge in [0.05, 0.1) is 11.3 Å². The van der Waals surface area contributed by atoms with E-state index in [1.54, 1.807) is 19.1 Å². The van der Waals surface area contributed by atoms with E-state index in [1.165, 1.54) is 12.1 Å². The lowest BCUT2D eigenvalue weighted by molar-refractivity contribution is -0.115. The average Bonchev–Trinajstić information content (AvgIpc) is 2.92. The van der Waals surface area contributed by atoms with Gasteiger partial charge >= 0.3 is 0 Å². The summed E-state index contributed by atoms with van der Waals surface area (Å²) in [6, 6.07) is 6.13. The Morgan fingerprint density at radius 1 is 1.30 bits per heavy atom. The number of carbonyl (C=O) groups excluding carboxylic acids is 1. The van der Waals surface area contributed by atoms with Crippen molar-refractivity contribution in [3.8, 4) is 0 Å². The van der Waals surface area contributed by atoms with Crippen molar-refractivity contribution in [3.05, 3.63) is 35.5 Å². The number of nitrogens with zero attached hydrogens (tertiary/aromatic N) is 1. The molecule has 1 aromatic carbocycles. The van der Waals surface area contributed by atoms with E-state index < -0.39 is 10.0 Å². The van der Waals surface area contributed by atoms with E-state index >= 15 is 0 Å². The molecule has 20 heavy (non-hydrogen) atoms. The molecule has 2 heterocycles. The van der Waals surface area contributed by atoms with Crippen LogP contribution in [-0.4, -0.2) is 24.5 Å². The Morgan fingerprint density at radius 3 is 2.80 bits per heavy atom. The van der Waals surface area contributed by atoms with E-state index in [0.29, 0.717) is 11.3 Å². The number of aromatic amines is 1. The highest BCUT2D eigenvalue weighted by atomic mass is 32.2. The smallest absolute Gasteiger partial charge is 0.263 e. The first-order valence-corrected chi connectivity index (χ1v) is 7.40. The summed E-state index contributed by atoms with van der Waals surface area (Å²) in [6.07, 6.45) is 0.195. The number of nitrogens with one attached hydrogen (secondary N) is 3. The van der Waals surface area contributed by atoms with Crippen molar-refractivity contribution in [2.24, 2.45) is 0 Å². The molecule has 0 atom stereocenters. The normalized spacial score (nSPS) is 13.9. The van der Waals surface area contributed by atoms with Crippen LogP contribution in [0, 0.1) is 6.92 Å². The summed E-state index contributed by atoms with van der Waals surface area (Å²) in [7, 11) is -3.71. The van der Waals surface area contributed by atoms with Gasteiger partial charge in [0.15, 0.2) is 5.82 Å². The first-order chi connectivity index (χ1) is 9.44. The average molecular weight is 292 g/mol. The Bertz CT molecular complexity index is 795. The molecule has 7 nitrogen and oxygen atoms in total. The van der Waals surface area contributed by atoms with Gasteiger partial charge in [-0.15, -0.1) is 0 Å². The number of rotatable bonds is 3. The number of hydrogen-bond acceptors (Lipinski definition) is 4. The molecule has 0 saturated carbocycles. The van der Waals surface area contributed by atoms with Gasteiger partial charge in [-0.25, -0.2) is 8.42 Å². The van der Waals surface area contributed by atoms with E-state index in [1.807, 2.05) is 0 Å². The second kappa shape index (κ2) is 4.34. The maximum atomic E-state index is 12.2. The predicted molar refractivity (Wildman–Crippen MR) is 72.9 cm³/mol. The summed E-state index contributed by atoms with van der Waals surface area (Å²) < 4.78 is 26.8. The number of aryl methyl sites for hydroxylation is 1. The van der Waals surface area contributed by atoms with Crippen LogP contribution in [0.2, 0.25) is 0 Å². The zero-order valence-electron chi connectivity index (χ0n) is 10.6. The van der Waals surface area contributed by atoms with Crippen LogP contribution in [0.3, 0.4) is 0 Å². The highest BCUT2D eigenvalue weighted by Crippen LogP contribution is 2.26. The molecule has 3 N–H and O–H groups in total. The van der Waals surface area contributed by atoms with E-state index in [4.69, 9.17) is 0 Å². The zero-order chi connectivity index (χ0) is 14.3. The molecule has 0 spiro atoms. The minimum atomic E-state index is -3.71. The molecule has 1 aliphatic heterocycles. The summed E-state index contributed by atoms with van der Waals surface area (Å²) in [6.45, 7) is 1.78. The molecule has 0 radical (unpaired) electrons. The Labute approximate surface area is 115 Å². The standard InChI is InChI=1S/C12H12N4O3S/c1-7-4-11(15-14-7)16-20(18,19)9-2-3-10-8(5-9)6-12(17)13-10/h2-5H,6H2,1H3,(H,13,17)(H2,14,15,16). The molecule has 8 heteroatoms. The van der Waals surface area contributed by atoms with E-state index in [2.05, 4.69) is 20.2 Å². The van der Waals surface area contributed by atoms with Crippen LogP contribution in [0.15, 0.2) is 29.2 Å². The monoisotopic (exact) mass is 292 g/mol. The number of hydrogen-bond donors (Lipinski definition) is 3. The Hall–Kier alpha value is -2.35. The third kappa shape index (κ3) is 2.25. The molecule has 0 bridgehead atoms. The number of carbonyl (C=O) groups is 1. The van der Waals surface area contributed by atoms with Crippen LogP contribution < -0.4 is 10.0 Å². The first kappa shape index (κ1) is 12.7. The molecule has 0 unspecified atom stereocenters. The van der Waals surface area contributed by atoms with Gasteiger partial charge in [-0.2, -0.15) is 5.10 Å². The minimum absolute atomic E-state index is 0.105. The fourth-order valence-electron chi connectivity index (χ4n) is 2.04. The van der Waals surface area contributed by atoms with Gasteiger partial charge in [-0.3, -0.25) is 14.6 Å². The molecule has 0 fully saturated rings. The molecular weight excluding hydrogens is 280 g/mol. The number of sulfonamides is 1. The Morgan fingerprint density at radius 2 is 2.10 bits per heavy atom. The van der Waals surface area contributed by atoms with Gasteiger partial charge in [0.25, 0.3) is 10.0 Å². The molecule has 1 aliphatic rings. The fourth-order valence-corrected chi connectivity index (χ4v) is 3.08.